The van der Waals surface area contributed by atoms with Crippen LogP contribution in [0.5, 0.6) is 0 Å². The van der Waals surface area contributed by atoms with E-state index in [1.165, 1.54) is 0 Å². The van der Waals surface area contributed by atoms with Gasteiger partial charge < -0.3 is 0 Å². The molecule has 1 amide bonds. The zero-order valence-corrected chi connectivity index (χ0v) is 6.97. The van der Waals surface area contributed by atoms with Crippen molar-refractivity contribution in [2.24, 2.45) is 5.84 Å². The summed E-state index contributed by atoms with van der Waals surface area (Å²) in [5.74, 6) is 5.28. The van der Waals surface area contributed by atoms with E-state index in [2.05, 4.69) is 0 Å². The highest BCUT2D eigenvalue weighted by molar-refractivity contribution is 5.47. The molecule has 0 bridgehead atoms. The van der Waals surface area contributed by atoms with Crippen LogP contribution in [0.15, 0.2) is 24.3 Å². The molecule has 4 nitrogen and oxygen atoms in total. The van der Waals surface area contributed by atoms with Gasteiger partial charge in [-0.15, -0.1) is 0 Å². The average molecular weight is 175 g/mol. The fraction of sp³-hybridized carbons (Fsp3) is 0.111. The molecule has 66 valence electrons. The number of amides is 1. The predicted molar refractivity (Wildman–Crippen MR) is 47.0 cm³/mol. The SMILES string of the molecule is N#Cc1ccccc1CN(N)C=O. The molecule has 0 aromatic heterocycles. The summed E-state index contributed by atoms with van der Waals surface area (Å²) in [6.45, 7) is 0.257. The van der Waals surface area contributed by atoms with Crippen molar-refractivity contribution < 1.29 is 4.79 Å². The molecular weight excluding hydrogens is 166 g/mol. The second kappa shape index (κ2) is 4.24. The van der Waals surface area contributed by atoms with Gasteiger partial charge in [0.1, 0.15) is 0 Å². The van der Waals surface area contributed by atoms with Crippen molar-refractivity contribution in [3.63, 3.8) is 0 Å². The van der Waals surface area contributed by atoms with E-state index in [0.717, 1.165) is 10.6 Å². The molecule has 0 radical (unpaired) electrons. The molecule has 2 N–H and O–H groups in total. The average Bonchev–Trinajstić information content (AvgIpc) is 2.18. The van der Waals surface area contributed by atoms with Gasteiger partial charge in [0, 0.05) is 0 Å². The highest BCUT2D eigenvalue weighted by Crippen LogP contribution is 2.07. The Hall–Kier alpha value is -1.86. The van der Waals surface area contributed by atoms with Crippen molar-refractivity contribution in [3.05, 3.63) is 35.4 Å². The molecule has 0 aliphatic rings. The van der Waals surface area contributed by atoms with Gasteiger partial charge in [0.2, 0.25) is 6.41 Å². The number of nitriles is 1. The van der Waals surface area contributed by atoms with Crippen LogP contribution in [0.1, 0.15) is 11.1 Å². The van der Waals surface area contributed by atoms with Gasteiger partial charge in [-0.05, 0) is 11.6 Å². The standard InChI is InChI=1S/C9H9N3O/c10-5-8-3-1-2-4-9(8)6-12(11)7-13/h1-4,7H,6,11H2. The van der Waals surface area contributed by atoms with Crippen LogP contribution in [0.2, 0.25) is 0 Å². The first-order valence-electron chi connectivity index (χ1n) is 3.72. The van der Waals surface area contributed by atoms with Gasteiger partial charge in [-0.2, -0.15) is 5.26 Å². The second-order valence-corrected chi connectivity index (χ2v) is 2.55. The fourth-order valence-corrected chi connectivity index (χ4v) is 1.00. The third-order valence-electron chi connectivity index (χ3n) is 1.63. The molecule has 0 spiro atoms. The molecule has 0 unspecified atom stereocenters. The number of hydrogen-bond donors (Lipinski definition) is 1. The molecule has 1 aromatic rings. The molecule has 0 fully saturated rings. The largest absolute Gasteiger partial charge is 0.279 e. The van der Waals surface area contributed by atoms with Crippen LogP contribution in [0, 0.1) is 11.3 Å². The molecule has 1 rings (SSSR count). The Balaban J connectivity index is 2.88. The maximum atomic E-state index is 10.2. The van der Waals surface area contributed by atoms with Gasteiger partial charge in [0.15, 0.2) is 0 Å². The van der Waals surface area contributed by atoms with Crippen molar-refractivity contribution >= 4 is 6.41 Å². The second-order valence-electron chi connectivity index (χ2n) is 2.55. The van der Waals surface area contributed by atoms with E-state index in [4.69, 9.17) is 11.1 Å². The molecule has 0 saturated carbocycles. The maximum absolute atomic E-state index is 10.2. The van der Waals surface area contributed by atoms with E-state index in [1.807, 2.05) is 6.07 Å². The normalized spacial score (nSPS) is 8.92. The van der Waals surface area contributed by atoms with Gasteiger partial charge in [0.25, 0.3) is 0 Å². The molecule has 0 aliphatic heterocycles. The lowest BCUT2D eigenvalue weighted by atomic mass is 10.1. The molecule has 4 heteroatoms. The van der Waals surface area contributed by atoms with Crippen LogP contribution in [0.25, 0.3) is 0 Å². The molecule has 1 aromatic carbocycles. The number of hydrogen-bond acceptors (Lipinski definition) is 3. The van der Waals surface area contributed by atoms with Crippen molar-refractivity contribution in [1.29, 1.82) is 5.26 Å². The first-order valence-corrected chi connectivity index (χ1v) is 3.72. The Labute approximate surface area is 76.2 Å². The number of hydrazine groups is 1. The molecule has 0 heterocycles. The molecule has 0 saturated heterocycles. The monoisotopic (exact) mass is 175 g/mol. The first-order chi connectivity index (χ1) is 6.27. The van der Waals surface area contributed by atoms with E-state index in [1.54, 1.807) is 24.3 Å². The van der Waals surface area contributed by atoms with Gasteiger partial charge in [0.05, 0.1) is 18.2 Å². The molecular formula is C9H9N3O. The Kier molecular flexibility index (Phi) is 3.01. The lowest BCUT2D eigenvalue weighted by Crippen LogP contribution is -2.28. The van der Waals surface area contributed by atoms with E-state index in [0.29, 0.717) is 12.0 Å². The molecule has 13 heavy (non-hydrogen) atoms. The molecule has 0 atom stereocenters. The van der Waals surface area contributed by atoms with Gasteiger partial charge in [-0.1, -0.05) is 18.2 Å². The number of rotatable bonds is 3. The van der Waals surface area contributed by atoms with Crippen LogP contribution in [0.3, 0.4) is 0 Å². The third-order valence-corrected chi connectivity index (χ3v) is 1.63. The van der Waals surface area contributed by atoms with Gasteiger partial charge in [-0.25, -0.2) is 5.84 Å². The minimum atomic E-state index is 0.257. The summed E-state index contributed by atoms with van der Waals surface area (Å²) in [7, 11) is 0. The Bertz CT molecular complexity index is 343. The highest BCUT2D eigenvalue weighted by Gasteiger charge is 2.02. The van der Waals surface area contributed by atoms with E-state index >= 15 is 0 Å². The first kappa shape index (κ1) is 9.23. The van der Waals surface area contributed by atoms with Gasteiger partial charge >= 0.3 is 0 Å². The van der Waals surface area contributed by atoms with E-state index in [9.17, 15) is 4.79 Å². The molecule has 0 aliphatic carbocycles. The van der Waals surface area contributed by atoms with Crippen LogP contribution >= 0.6 is 0 Å². The predicted octanol–water partition coefficient (Wildman–Crippen LogP) is 0.390. The summed E-state index contributed by atoms with van der Waals surface area (Å²) in [6, 6.07) is 9.05. The fourth-order valence-electron chi connectivity index (χ4n) is 1.00. The zero-order chi connectivity index (χ0) is 9.68. The Morgan fingerprint density at radius 1 is 1.54 bits per heavy atom. The summed E-state index contributed by atoms with van der Waals surface area (Å²) in [5, 5.41) is 9.70. The third kappa shape index (κ3) is 2.29. The quantitative estimate of drug-likeness (QED) is 0.312. The van der Waals surface area contributed by atoms with Crippen LogP contribution in [-0.4, -0.2) is 11.4 Å². The minimum absolute atomic E-state index is 0.257. The smallest absolute Gasteiger partial charge is 0.223 e. The number of nitrogens with zero attached hydrogens (tertiary/aromatic N) is 2. The minimum Gasteiger partial charge on any atom is -0.279 e. The number of nitrogens with two attached hydrogens (primary N) is 1. The lowest BCUT2D eigenvalue weighted by molar-refractivity contribution is -0.118. The van der Waals surface area contributed by atoms with Crippen LogP contribution in [-0.2, 0) is 11.3 Å². The van der Waals surface area contributed by atoms with Crippen molar-refractivity contribution in [1.82, 2.24) is 5.01 Å². The van der Waals surface area contributed by atoms with Crippen molar-refractivity contribution in [2.45, 2.75) is 6.54 Å². The lowest BCUT2D eigenvalue weighted by Gasteiger charge is -2.10. The summed E-state index contributed by atoms with van der Waals surface area (Å²) < 4.78 is 0. The Morgan fingerprint density at radius 2 is 2.23 bits per heavy atom. The van der Waals surface area contributed by atoms with Gasteiger partial charge in [-0.3, -0.25) is 9.80 Å². The summed E-state index contributed by atoms with van der Waals surface area (Å²) in [4.78, 5) is 10.2. The zero-order valence-electron chi connectivity index (χ0n) is 6.97. The van der Waals surface area contributed by atoms with Crippen LogP contribution in [0.4, 0.5) is 0 Å². The number of benzene rings is 1. The maximum Gasteiger partial charge on any atom is 0.223 e. The summed E-state index contributed by atoms with van der Waals surface area (Å²) in [5.41, 5.74) is 1.29. The summed E-state index contributed by atoms with van der Waals surface area (Å²) >= 11 is 0. The topological polar surface area (TPSA) is 70.1 Å². The van der Waals surface area contributed by atoms with E-state index < -0.39 is 0 Å². The van der Waals surface area contributed by atoms with Crippen molar-refractivity contribution in [2.75, 3.05) is 0 Å². The number of carbonyl (C=O) groups is 1. The van der Waals surface area contributed by atoms with Crippen LogP contribution < -0.4 is 5.84 Å². The number of carbonyl (C=O) groups excluding carboxylic acids is 1. The summed E-state index contributed by atoms with van der Waals surface area (Å²) in [6.07, 6.45) is 0.522. The highest BCUT2D eigenvalue weighted by atomic mass is 16.1. The van der Waals surface area contributed by atoms with E-state index in [-0.39, 0.29) is 6.54 Å². The Morgan fingerprint density at radius 3 is 2.85 bits per heavy atom. The van der Waals surface area contributed by atoms with Crippen molar-refractivity contribution in [3.8, 4) is 6.07 Å².